The number of benzene rings is 2. The highest BCUT2D eigenvalue weighted by Gasteiger charge is 2.37. The lowest BCUT2D eigenvalue weighted by molar-refractivity contribution is -0.143. The molecule has 150 valence electrons. The predicted octanol–water partition coefficient (Wildman–Crippen LogP) is 5.07. The summed E-state index contributed by atoms with van der Waals surface area (Å²) in [6, 6.07) is 3.29. The Balaban J connectivity index is 2.43. The highest BCUT2D eigenvalue weighted by molar-refractivity contribution is 6.05. The molecule has 0 aromatic heterocycles. The molecule has 2 aromatic carbocycles. The van der Waals surface area contributed by atoms with Crippen LogP contribution in [0.1, 0.15) is 28.4 Å². The number of hydrogen-bond donors (Lipinski definition) is 2. The molecule has 4 nitrogen and oxygen atoms in total. The Morgan fingerprint density at radius 3 is 1.82 bits per heavy atom. The maximum absolute atomic E-state index is 13.8. The number of alkyl halides is 6. The number of amides is 2. The van der Waals surface area contributed by atoms with Crippen LogP contribution >= 0.6 is 0 Å². The largest absolute Gasteiger partial charge is 0.416 e. The van der Waals surface area contributed by atoms with Crippen molar-refractivity contribution in [1.29, 1.82) is 0 Å². The van der Waals surface area contributed by atoms with Crippen molar-refractivity contribution in [1.82, 2.24) is 0 Å². The van der Waals surface area contributed by atoms with Crippen molar-refractivity contribution in [3.05, 3.63) is 58.9 Å². The highest BCUT2D eigenvalue weighted by Crippen LogP contribution is 2.36. The molecule has 0 fully saturated rings. The Morgan fingerprint density at radius 2 is 1.36 bits per heavy atom. The first kappa shape index (κ1) is 21.2. The molecule has 0 aliphatic carbocycles. The normalized spacial score (nSPS) is 11.9. The topological polar surface area (TPSA) is 58.2 Å². The van der Waals surface area contributed by atoms with E-state index in [0.29, 0.717) is 0 Å². The average Bonchev–Trinajstić information content (AvgIpc) is 2.55. The van der Waals surface area contributed by atoms with E-state index in [9.17, 15) is 40.3 Å². The number of anilines is 2. The molecule has 11 heteroatoms. The average molecular weight is 408 g/mol. The van der Waals surface area contributed by atoms with E-state index in [1.807, 2.05) is 5.32 Å². The first-order valence-corrected chi connectivity index (χ1v) is 7.45. The fourth-order valence-corrected chi connectivity index (χ4v) is 2.18. The summed E-state index contributed by atoms with van der Waals surface area (Å²) in [5, 5.41) is 4.19. The summed E-state index contributed by atoms with van der Waals surface area (Å²) in [5.41, 5.74) is -4.81. The van der Waals surface area contributed by atoms with Gasteiger partial charge in [-0.15, -0.1) is 0 Å². The minimum Gasteiger partial charge on any atom is -0.326 e. The first-order valence-electron chi connectivity index (χ1n) is 7.45. The van der Waals surface area contributed by atoms with Crippen molar-refractivity contribution in [3.8, 4) is 0 Å². The zero-order valence-corrected chi connectivity index (χ0v) is 13.9. The smallest absolute Gasteiger partial charge is 0.326 e. The Kier molecular flexibility index (Phi) is 5.67. The van der Waals surface area contributed by atoms with E-state index in [1.54, 1.807) is 0 Å². The molecule has 0 atom stereocenters. The molecule has 2 N–H and O–H groups in total. The monoisotopic (exact) mass is 408 g/mol. The maximum Gasteiger partial charge on any atom is 0.416 e. The molecular weight excluding hydrogens is 397 g/mol. The second-order valence-corrected chi connectivity index (χ2v) is 5.62. The quantitative estimate of drug-likeness (QED) is 0.697. The molecule has 0 bridgehead atoms. The zero-order chi connectivity index (χ0) is 21.3. The van der Waals surface area contributed by atoms with Gasteiger partial charge < -0.3 is 10.6 Å². The number of nitrogens with one attached hydrogen (secondary N) is 2. The SMILES string of the molecule is CC(=O)Nc1ccc(F)c(NC(=O)c2cc(C(F)(F)F)cc(C(F)(F)F)c2)c1. The van der Waals surface area contributed by atoms with Crippen LogP contribution in [0.4, 0.5) is 42.1 Å². The van der Waals surface area contributed by atoms with Crippen LogP contribution in [0.2, 0.25) is 0 Å². The minimum atomic E-state index is -5.13. The van der Waals surface area contributed by atoms with Gasteiger partial charge in [0.2, 0.25) is 5.91 Å². The zero-order valence-electron chi connectivity index (χ0n) is 13.9. The van der Waals surface area contributed by atoms with Gasteiger partial charge in [-0.25, -0.2) is 4.39 Å². The van der Waals surface area contributed by atoms with Gasteiger partial charge in [-0.1, -0.05) is 0 Å². The molecule has 0 spiro atoms. The number of carbonyl (C=O) groups is 2. The minimum absolute atomic E-state index is 0.0595. The van der Waals surface area contributed by atoms with Gasteiger partial charge in [-0.05, 0) is 36.4 Å². The third kappa shape index (κ3) is 5.21. The van der Waals surface area contributed by atoms with Gasteiger partial charge in [0.1, 0.15) is 5.82 Å². The highest BCUT2D eigenvalue weighted by atomic mass is 19.4. The standard InChI is InChI=1S/C17H11F7N2O2/c1-8(27)25-12-2-3-13(18)14(7-12)26-15(28)9-4-10(16(19,20)21)6-11(5-9)17(22,23)24/h2-7H,1H3,(H,25,27)(H,26,28). The van der Waals surface area contributed by atoms with Gasteiger partial charge in [0.05, 0.1) is 16.8 Å². The van der Waals surface area contributed by atoms with E-state index >= 15 is 0 Å². The molecule has 0 saturated heterocycles. The summed E-state index contributed by atoms with van der Waals surface area (Å²) < 4.78 is 91.0. The second kappa shape index (κ2) is 7.49. The van der Waals surface area contributed by atoms with Crippen LogP contribution < -0.4 is 10.6 Å². The van der Waals surface area contributed by atoms with Crippen molar-refractivity contribution in [3.63, 3.8) is 0 Å². The van der Waals surface area contributed by atoms with Gasteiger partial charge >= 0.3 is 12.4 Å². The lowest BCUT2D eigenvalue weighted by Gasteiger charge is -2.14. The molecule has 0 heterocycles. The summed E-state index contributed by atoms with van der Waals surface area (Å²) in [4.78, 5) is 23.2. The van der Waals surface area contributed by atoms with E-state index in [1.165, 1.54) is 0 Å². The first-order chi connectivity index (χ1) is 12.8. The molecule has 0 aliphatic rings. The summed E-state index contributed by atoms with van der Waals surface area (Å²) in [5.74, 6) is -2.92. The van der Waals surface area contributed by atoms with E-state index < -0.39 is 52.4 Å². The van der Waals surface area contributed by atoms with Gasteiger partial charge in [0.25, 0.3) is 5.91 Å². The Morgan fingerprint density at radius 1 is 0.821 bits per heavy atom. The summed E-state index contributed by atoms with van der Waals surface area (Å²) in [7, 11) is 0. The van der Waals surface area contributed by atoms with Crippen molar-refractivity contribution in [2.75, 3.05) is 10.6 Å². The van der Waals surface area contributed by atoms with Crippen LogP contribution in [-0.2, 0) is 17.1 Å². The van der Waals surface area contributed by atoms with E-state index in [2.05, 4.69) is 5.32 Å². The van der Waals surface area contributed by atoms with Crippen LogP contribution in [0.5, 0.6) is 0 Å². The van der Waals surface area contributed by atoms with Crippen molar-refractivity contribution < 1.29 is 40.3 Å². The van der Waals surface area contributed by atoms with Crippen molar-refractivity contribution in [2.45, 2.75) is 19.3 Å². The van der Waals surface area contributed by atoms with Crippen molar-refractivity contribution in [2.24, 2.45) is 0 Å². The predicted molar refractivity (Wildman–Crippen MR) is 85.1 cm³/mol. The van der Waals surface area contributed by atoms with Gasteiger partial charge in [0, 0.05) is 18.2 Å². The second-order valence-electron chi connectivity index (χ2n) is 5.62. The number of carbonyl (C=O) groups excluding carboxylic acids is 2. The van der Waals surface area contributed by atoms with Crippen LogP contribution in [-0.4, -0.2) is 11.8 Å². The van der Waals surface area contributed by atoms with Gasteiger partial charge in [-0.2, -0.15) is 26.3 Å². The lowest BCUT2D eigenvalue weighted by Crippen LogP contribution is -2.18. The summed E-state index contributed by atoms with van der Waals surface area (Å²) >= 11 is 0. The molecule has 2 aromatic rings. The van der Waals surface area contributed by atoms with E-state index in [4.69, 9.17) is 0 Å². The number of halogens is 7. The van der Waals surface area contributed by atoms with Crippen LogP contribution in [0.3, 0.4) is 0 Å². The molecule has 0 aliphatic heterocycles. The Hall–Kier alpha value is -3.11. The Labute approximate surface area is 153 Å². The van der Waals surface area contributed by atoms with Crippen LogP contribution in [0.15, 0.2) is 36.4 Å². The lowest BCUT2D eigenvalue weighted by atomic mass is 10.0. The van der Waals surface area contributed by atoms with Crippen LogP contribution in [0, 0.1) is 5.82 Å². The van der Waals surface area contributed by atoms with Crippen molar-refractivity contribution >= 4 is 23.2 Å². The summed E-state index contributed by atoms with van der Waals surface area (Å²) in [6.07, 6.45) is -10.3. The van der Waals surface area contributed by atoms with E-state index in [-0.39, 0.29) is 23.9 Å². The molecule has 28 heavy (non-hydrogen) atoms. The van der Waals surface area contributed by atoms with E-state index in [0.717, 1.165) is 25.1 Å². The molecule has 2 amide bonds. The summed E-state index contributed by atoms with van der Waals surface area (Å²) in [6.45, 7) is 1.16. The number of hydrogen-bond acceptors (Lipinski definition) is 2. The molecular formula is C17H11F7N2O2. The fraction of sp³-hybridized carbons (Fsp3) is 0.176. The number of rotatable bonds is 3. The molecule has 2 rings (SSSR count). The molecule has 0 saturated carbocycles. The van der Waals surface area contributed by atoms with Crippen LogP contribution in [0.25, 0.3) is 0 Å². The molecule has 0 unspecified atom stereocenters. The van der Waals surface area contributed by atoms with Gasteiger partial charge in [-0.3, -0.25) is 9.59 Å². The fourth-order valence-electron chi connectivity index (χ4n) is 2.18. The third-order valence-corrected chi connectivity index (χ3v) is 3.38. The maximum atomic E-state index is 13.8. The molecule has 0 radical (unpaired) electrons. The Bertz CT molecular complexity index is 888. The van der Waals surface area contributed by atoms with Gasteiger partial charge in [0.15, 0.2) is 0 Å². The third-order valence-electron chi connectivity index (χ3n) is 3.38.